The lowest BCUT2D eigenvalue weighted by molar-refractivity contribution is 0.179. The SMILES string of the molecule is O=C(NC[C@@H]1CCOC1)N1CCN(c2cnccn2)CC1. The Morgan fingerprint density at radius 3 is 2.86 bits per heavy atom. The summed E-state index contributed by atoms with van der Waals surface area (Å²) in [5, 5.41) is 3.01. The first kappa shape index (κ1) is 14.1. The van der Waals surface area contributed by atoms with Gasteiger partial charge >= 0.3 is 6.03 Å². The number of piperazine rings is 1. The standard InChI is InChI=1S/C14H21N5O2/c20-14(17-9-12-1-8-21-11-12)19-6-4-18(5-7-19)13-10-15-2-3-16-13/h2-3,10,12H,1,4-9,11H2,(H,17,20)/t12-/m0/s1. The van der Waals surface area contributed by atoms with Gasteiger partial charge in [0.15, 0.2) is 0 Å². The molecule has 0 radical (unpaired) electrons. The fourth-order valence-electron chi connectivity index (χ4n) is 2.68. The normalized spacial score (nSPS) is 22.4. The van der Waals surface area contributed by atoms with Crippen LogP contribution in [0.25, 0.3) is 0 Å². The molecule has 2 aliphatic rings. The molecule has 2 saturated heterocycles. The first-order valence-electron chi connectivity index (χ1n) is 7.44. The van der Waals surface area contributed by atoms with E-state index in [9.17, 15) is 4.79 Å². The Labute approximate surface area is 124 Å². The maximum absolute atomic E-state index is 12.1. The largest absolute Gasteiger partial charge is 0.381 e. The van der Waals surface area contributed by atoms with Gasteiger partial charge in [0.2, 0.25) is 0 Å². The number of urea groups is 1. The molecule has 2 aliphatic heterocycles. The minimum Gasteiger partial charge on any atom is -0.381 e. The summed E-state index contributed by atoms with van der Waals surface area (Å²) >= 11 is 0. The molecule has 114 valence electrons. The van der Waals surface area contributed by atoms with E-state index >= 15 is 0 Å². The molecule has 3 heterocycles. The molecule has 2 amide bonds. The van der Waals surface area contributed by atoms with Crippen LogP contribution in [0.5, 0.6) is 0 Å². The van der Waals surface area contributed by atoms with E-state index in [0.29, 0.717) is 25.6 Å². The van der Waals surface area contributed by atoms with Crippen LogP contribution in [-0.4, -0.2) is 66.8 Å². The van der Waals surface area contributed by atoms with E-state index in [4.69, 9.17) is 4.74 Å². The van der Waals surface area contributed by atoms with Gasteiger partial charge in [-0.05, 0) is 6.42 Å². The van der Waals surface area contributed by atoms with Crippen LogP contribution in [0.1, 0.15) is 6.42 Å². The van der Waals surface area contributed by atoms with Crippen molar-refractivity contribution >= 4 is 11.8 Å². The Balaban J connectivity index is 1.43. The Kier molecular flexibility index (Phi) is 4.49. The first-order chi connectivity index (χ1) is 10.3. The predicted octanol–water partition coefficient (Wildman–Crippen LogP) is 0.345. The fraction of sp³-hybridized carbons (Fsp3) is 0.643. The van der Waals surface area contributed by atoms with Gasteiger partial charge in [-0.1, -0.05) is 0 Å². The highest BCUT2D eigenvalue weighted by Gasteiger charge is 2.23. The highest BCUT2D eigenvalue weighted by molar-refractivity contribution is 5.74. The van der Waals surface area contributed by atoms with Crippen molar-refractivity contribution in [2.75, 3.05) is 50.8 Å². The zero-order chi connectivity index (χ0) is 14.5. The van der Waals surface area contributed by atoms with Crippen molar-refractivity contribution in [2.24, 2.45) is 5.92 Å². The number of anilines is 1. The monoisotopic (exact) mass is 291 g/mol. The lowest BCUT2D eigenvalue weighted by Crippen LogP contribution is -2.52. The van der Waals surface area contributed by atoms with E-state index in [2.05, 4.69) is 20.2 Å². The molecule has 1 aromatic rings. The van der Waals surface area contributed by atoms with Crippen molar-refractivity contribution in [1.29, 1.82) is 0 Å². The van der Waals surface area contributed by atoms with Gasteiger partial charge < -0.3 is 19.9 Å². The van der Waals surface area contributed by atoms with Gasteiger partial charge in [0.1, 0.15) is 5.82 Å². The van der Waals surface area contributed by atoms with Crippen LogP contribution in [0.15, 0.2) is 18.6 Å². The highest BCUT2D eigenvalue weighted by atomic mass is 16.5. The fourth-order valence-corrected chi connectivity index (χ4v) is 2.68. The molecule has 0 aromatic carbocycles. The van der Waals surface area contributed by atoms with Crippen LogP contribution in [0.3, 0.4) is 0 Å². The number of hydrogen-bond donors (Lipinski definition) is 1. The number of aromatic nitrogens is 2. The number of carbonyl (C=O) groups is 1. The van der Waals surface area contributed by atoms with Crippen molar-refractivity contribution in [2.45, 2.75) is 6.42 Å². The van der Waals surface area contributed by atoms with Crippen LogP contribution >= 0.6 is 0 Å². The molecule has 1 atom stereocenters. The molecule has 3 rings (SSSR count). The third kappa shape index (κ3) is 3.60. The minimum absolute atomic E-state index is 0.0284. The van der Waals surface area contributed by atoms with Crippen LogP contribution in [0.4, 0.5) is 10.6 Å². The third-order valence-electron chi connectivity index (χ3n) is 4.01. The maximum atomic E-state index is 12.1. The lowest BCUT2D eigenvalue weighted by Gasteiger charge is -2.35. The Morgan fingerprint density at radius 1 is 1.33 bits per heavy atom. The number of nitrogens with one attached hydrogen (secondary N) is 1. The molecule has 2 fully saturated rings. The summed E-state index contributed by atoms with van der Waals surface area (Å²) in [4.78, 5) is 24.5. The summed E-state index contributed by atoms with van der Waals surface area (Å²) in [6.45, 7) is 5.30. The molecule has 0 spiro atoms. The second-order valence-electron chi connectivity index (χ2n) is 5.45. The zero-order valence-corrected chi connectivity index (χ0v) is 12.1. The van der Waals surface area contributed by atoms with Crippen LogP contribution in [-0.2, 0) is 4.74 Å². The molecule has 0 bridgehead atoms. The van der Waals surface area contributed by atoms with Crippen molar-refractivity contribution in [1.82, 2.24) is 20.2 Å². The van der Waals surface area contributed by atoms with Crippen molar-refractivity contribution in [3.05, 3.63) is 18.6 Å². The van der Waals surface area contributed by atoms with E-state index in [1.54, 1.807) is 18.6 Å². The molecule has 0 aliphatic carbocycles. The van der Waals surface area contributed by atoms with Crippen LogP contribution in [0.2, 0.25) is 0 Å². The average molecular weight is 291 g/mol. The second kappa shape index (κ2) is 6.71. The Morgan fingerprint density at radius 2 is 2.19 bits per heavy atom. The molecule has 7 heteroatoms. The molecular formula is C14H21N5O2. The predicted molar refractivity (Wildman–Crippen MR) is 78.1 cm³/mol. The summed E-state index contributed by atoms with van der Waals surface area (Å²) in [6, 6.07) is 0.0284. The number of amides is 2. The number of ether oxygens (including phenoxy) is 1. The molecule has 1 aromatic heterocycles. The van der Waals surface area contributed by atoms with Gasteiger partial charge in [0.25, 0.3) is 0 Å². The molecule has 7 nitrogen and oxygen atoms in total. The van der Waals surface area contributed by atoms with Crippen LogP contribution < -0.4 is 10.2 Å². The zero-order valence-electron chi connectivity index (χ0n) is 12.1. The average Bonchev–Trinajstić information content (AvgIpc) is 3.07. The number of hydrogen-bond acceptors (Lipinski definition) is 5. The number of carbonyl (C=O) groups excluding carboxylic acids is 1. The quantitative estimate of drug-likeness (QED) is 0.870. The van der Waals surface area contributed by atoms with Gasteiger partial charge in [0, 0.05) is 57.6 Å². The van der Waals surface area contributed by atoms with E-state index in [0.717, 1.165) is 38.5 Å². The molecule has 1 N–H and O–H groups in total. The summed E-state index contributed by atoms with van der Waals surface area (Å²) in [5.41, 5.74) is 0. The molecular weight excluding hydrogens is 270 g/mol. The van der Waals surface area contributed by atoms with Gasteiger partial charge in [0.05, 0.1) is 12.8 Å². The topological polar surface area (TPSA) is 70.6 Å². The van der Waals surface area contributed by atoms with Gasteiger partial charge in [-0.15, -0.1) is 0 Å². The minimum atomic E-state index is 0.0284. The van der Waals surface area contributed by atoms with E-state index in [1.807, 2.05) is 4.90 Å². The number of nitrogens with zero attached hydrogens (tertiary/aromatic N) is 4. The highest BCUT2D eigenvalue weighted by Crippen LogP contribution is 2.13. The molecule has 21 heavy (non-hydrogen) atoms. The van der Waals surface area contributed by atoms with Crippen molar-refractivity contribution < 1.29 is 9.53 Å². The summed E-state index contributed by atoms with van der Waals surface area (Å²) in [6.07, 6.45) is 6.16. The first-order valence-corrected chi connectivity index (χ1v) is 7.44. The summed E-state index contributed by atoms with van der Waals surface area (Å²) in [7, 11) is 0. The summed E-state index contributed by atoms with van der Waals surface area (Å²) < 4.78 is 5.31. The second-order valence-corrected chi connectivity index (χ2v) is 5.45. The van der Waals surface area contributed by atoms with Gasteiger partial charge in [-0.2, -0.15) is 0 Å². The van der Waals surface area contributed by atoms with Crippen molar-refractivity contribution in [3.63, 3.8) is 0 Å². The van der Waals surface area contributed by atoms with Gasteiger partial charge in [-0.3, -0.25) is 4.98 Å². The third-order valence-corrected chi connectivity index (χ3v) is 4.01. The smallest absolute Gasteiger partial charge is 0.317 e. The van der Waals surface area contributed by atoms with Gasteiger partial charge in [-0.25, -0.2) is 9.78 Å². The van der Waals surface area contributed by atoms with E-state index < -0.39 is 0 Å². The Bertz CT molecular complexity index is 456. The Hall–Kier alpha value is -1.89. The van der Waals surface area contributed by atoms with Crippen LogP contribution in [0, 0.1) is 5.92 Å². The van der Waals surface area contributed by atoms with E-state index in [1.165, 1.54) is 0 Å². The summed E-state index contributed by atoms with van der Waals surface area (Å²) in [5.74, 6) is 1.34. The lowest BCUT2D eigenvalue weighted by atomic mass is 10.1. The number of rotatable bonds is 3. The molecule has 0 saturated carbocycles. The van der Waals surface area contributed by atoms with Crippen molar-refractivity contribution in [3.8, 4) is 0 Å². The molecule has 0 unspecified atom stereocenters. The van der Waals surface area contributed by atoms with E-state index in [-0.39, 0.29) is 6.03 Å². The maximum Gasteiger partial charge on any atom is 0.317 e.